The molecule has 0 aliphatic rings. The topological polar surface area (TPSA) is 69.2 Å². The summed E-state index contributed by atoms with van der Waals surface area (Å²) in [5.41, 5.74) is 3.16. The van der Waals surface area contributed by atoms with Crippen molar-refractivity contribution in [3.63, 3.8) is 0 Å². The first-order valence-corrected chi connectivity index (χ1v) is 7.84. The monoisotopic (exact) mass is 392 g/mol. The van der Waals surface area contributed by atoms with E-state index in [1.807, 2.05) is 24.3 Å². The van der Waals surface area contributed by atoms with Gasteiger partial charge in [0.05, 0.1) is 20.4 Å². The molecular weight excluding hydrogens is 376 g/mol. The third kappa shape index (κ3) is 4.99. The van der Waals surface area contributed by atoms with Gasteiger partial charge in [-0.3, -0.25) is 4.79 Å². The molecule has 126 valence electrons. The highest BCUT2D eigenvalue weighted by Crippen LogP contribution is 2.30. The number of hydrogen-bond donors (Lipinski definition) is 1. The zero-order valence-electron chi connectivity index (χ0n) is 13.3. The van der Waals surface area contributed by atoms with Crippen molar-refractivity contribution in [3.05, 3.63) is 52.5 Å². The molecule has 6 nitrogen and oxygen atoms in total. The molecule has 2 aromatic rings. The van der Waals surface area contributed by atoms with Crippen LogP contribution in [-0.2, 0) is 4.79 Å². The first-order chi connectivity index (χ1) is 11.6. The van der Waals surface area contributed by atoms with Crippen LogP contribution in [-0.4, -0.2) is 32.9 Å². The first kappa shape index (κ1) is 17.8. The van der Waals surface area contributed by atoms with Gasteiger partial charge < -0.3 is 14.2 Å². The van der Waals surface area contributed by atoms with E-state index in [1.165, 1.54) is 13.3 Å². The Morgan fingerprint density at radius 2 is 1.88 bits per heavy atom. The van der Waals surface area contributed by atoms with Crippen LogP contribution >= 0.6 is 15.9 Å². The number of rotatable bonds is 7. The van der Waals surface area contributed by atoms with Gasteiger partial charge in [0.1, 0.15) is 5.75 Å². The summed E-state index contributed by atoms with van der Waals surface area (Å²) in [6.07, 6.45) is 1.51. The minimum absolute atomic E-state index is 0.179. The van der Waals surface area contributed by atoms with Gasteiger partial charge >= 0.3 is 0 Å². The minimum Gasteiger partial charge on any atom is -0.496 e. The number of benzene rings is 2. The Morgan fingerprint density at radius 3 is 2.62 bits per heavy atom. The predicted octanol–water partition coefficient (Wildman–Crippen LogP) is 3.00. The first-order valence-electron chi connectivity index (χ1n) is 7.05. The van der Waals surface area contributed by atoms with E-state index in [4.69, 9.17) is 14.2 Å². The van der Waals surface area contributed by atoms with Gasteiger partial charge in [-0.25, -0.2) is 5.43 Å². The Bertz CT molecular complexity index is 734. The summed E-state index contributed by atoms with van der Waals surface area (Å²) in [5.74, 6) is 1.30. The number of carbonyl (C=O) groups excluding carboxylic acids is 1. The van der Waals surface area contributed by atoms with E-state index in [0.717, 1.165) is 10.0 Å². The highest BCUT2D eigenvalue weighted by Gasteiger charge is 2.07. The van der Waals surface area contributed by atoms with E-state index in [9.17, 15) is 4.79 Å². The molecule has 2 rings (SSSR count). The number of methoxy groups -OCH3 is 2. The number of para-hydroxylation sites is 1. The second-order valence-corrected chi connectivity index (χ2v) is 5.53. The molecule has 0 unspecified atom stereocenters. The van der Waals surface area contributed by atoms with E-state index >= 15 is 0 Å². The van der Waals surface area contributed by atoms with Crippen LogP contribution < -0.4 is 19.6 Å². The molecule has 2 aromatic carbocycles. The molecule has 7 heteroatoms. The van der Waals surface area contributed by atoms with Crippen LogP contribution in [0.3, 0.4) is 0 Å². The fourth-order valence-corrected chi connectivity index (χ4v) is 2.22. The quantitative estimate of drug-likeness (QED) is 0.580. The molecule has 24 heavy (non-hydrogen) atoms. The Hall–Kier alpha value is -2.54. The van der Waals surface area contributed by atoms with Crippen molar-refractivity contribution >= 4 is 28.1 Å². The van der Waals surface area contributed by atoms with E-state index < -0.39 is 0 Å². The van der Waals surface area contributed by atoms with Crippen LogP contribution in [0.5, 0.6) is 17.2 Å². The van der Waals surface area contributed by atoms with E-state index in [-0.39, 0.29) is 12.5 Å². The van der Waals surface area contributed by atoms with Gasteiger partial charge in [0.15, 0.2) is 18.1 Å². The average molecular weight is 393 g/mol. The fourth-order valence-electron chi connectivity index (χ4n) is 1.88. The smallest absolute Gasteiger partial charge is 0.277 e. The molecule has 0 aliphatic heterocycles. The zero-order valence-corrected chi connectivity index (χ0v) is 14.9. The van der Waals surface area contributed by atoms with Gasteiger partial charge in [0, 0.05) is 10.0 Å². The number of ether oxygens (including phenoxy) is 3. The Balaban J connectivity index is 1.89. The number of nitrogens with one attached hydrogen (secondary N) is 1. The standard InChI is InChI=1S/C17H17BrN2O4/c1-22-14-6-4-3-5-12(14)10-19-20-17(21)11-24-15-8-7-13(18)9-16(15)23-2/h3-10H,11H2,1-2H3,(H,20,21)/b19-10-. The number of amides is 1. The van der Waals surface area contributed by atoms with E-state index in [2.05, 4.69) is 26.5 Å². The number of hydrogen-bond acceptors (Lipinski definition) is 5. The number of nitrogens with zero attached hydrogens (tertiary/aromatic N) is 1. The van der Waals surface area contributed by atoms with Crippen LogP contribution in [0.2, 0.25) is 0 Å². The van der Waals surface area contributed by atoms with Crippen molar-refractivity contribution in [2.24, 2.45) is 5.10 Å². The lowest BCUT2D eigenvalue weighted by Crippen LogP contribution is -2.24. The molecule has 0 fully saturated rings. The Kier molecular flexibility index (Phi) is 6.62. The van der Waals surface area contributed by atoms with Crippen molar-refractivity contribution in [2.45, 2.75) is 0 Å². The van der Waals surface area contributed by atoms with Crippen molar-refractivity contribution < 1.29 is 19.0 Å². The summed E-state index contributed by atoms with van der Waals surface area (Å²) in [4.78, 5) is 11.8. The number of halogens is 1. The van der Waals surface area contributed by atoms with Crippen LogP contribution in [0.4, 0.5) is 0 Å². The van der Waals surface area contributed by atoms with Crippen molar-refractivity contribution in [2.75, 3.05) is 20.8 Å². The molecule has 0 aliphatic carbocycles. The SMILES string of the molecule is COc1ccccc1/C=N\NC(=O)COc1ccc(Br)cc1OC. The zero-order chi connectivity index (χ0) is 17.4. The molecule has 0 saturated heterocycles. The van der Waals surface area contributed by atoms with Crippen molar-refractivity contribution in [1.82, 2.24) is 5.43 Å². The lowest BCUT2D eigenvalue weighted by Gasteiger charge is -2.10. The van der Waals surface area contributed by atoms with Gasteiger partial charge in [0.25, 0.3) is 5.91 Å². The van der Waals surface area contributed by atoms with Gasteiger partial charge in [-0.1, -0.05) is 28.1 Å². The van der Waals surface area contributed by atoms with Gasteiger partial charge in [-0.15, -0.1) is 0 Å². The second-order valence-electron chi connectivity index (χ2n) is 4.62. The summed E-state index contributed by atoms with van der Waals surface area (Å²) < 4.78 is 16.7. The molecule has 1 amide bonds. The van der Waals surface area contributed by atoms with Crippen LogP contribution in [0.15, 0.2) is 52.0 Å². The molecule has 0 heterocycles. The molecule has 0 spiro atoms. The normalized spacial score (nSPS) is 10.5. The summed E-state index contributed by atoms with van der Waals surface area (Å²) in [6, 6.07) is 12.6. The average Bonchev–Trinajstić information content (AvgIpc) is 2.61. The van der Waals surface area contributed by atoms with Gasteiger partial charge in [0.2, 0.25) is 0 Å². The molecule has 0 atom stereocenters. The summed E-state index contributed by atoms with van der Waals surface area (Å²) >= 11 is 3.34. The highest BCUT2D eigenvalue weighted by molar-refractivity contribution is 9.10. The van der Waals surface area contributed by atoms with Crippen LogP contribution in [0.1, 0.15) is 5.56 Å². The molecule has 1 N–H and O–H groups in total. The highest BCUT2D eigenvalue weighted by atomic mass is 79.9. The van der Waals surface area contributed by atoms with Crippen LogP contribution in [0.25, 0.3) is 0 Å². The van der Waals surface area contributed by atoms with Gasteiger partial charge in [-0.2, -0.15) is 5.10 Å². The third-order valence-electron chi connectivity index (χ3n) is 3.02. The summed E-state index contributed by atoms with van der Waals surface area (Å²) in [6.45, 7) is -0.179. The van der Waals surface area contributed by atoms with Crippen LogP contribution in [0, 0.1) is 0 Å². The predicted molar refractivity (Wildman–Crippen MR) is 94.9 cm³/mol. The Labute approximate surface area is 148 Å². The number of hydrazone groups is 1. The van der Waals surface area contributed by atoms with E-state index in [0.29, 0.717) is 17.2 Å². The maximum atomic E-state index is 11.8. The molecular formula is C17H17BrN2O4. The Morgan fingerprint density at radius 1 is 1.12 bits per heavy atom. The summed E-state index contributed by atoms with van der Waals surface area (Å²) in [7, 11) is 3.11. The second kappa shape index (κ2) is 8.93. The van der Waals surface area contributed by atoms with Crippen molar-refractivity contribution in [1.29, 1.82) is 0 Å². The summed E-state index contributed by atoms with van der Waals surface area (Å²) in [5, 5.41) is 3.90. The molecule has 0 aromatic heterocycles. The fraction of sp³-hybridized carbons (Fsp3) is 0.176. The maximum Gasteiger partial charge on any atom is 0.277 e. The lowest BCUT2D eigenvalue weighted by molar-refractivity contribution is -0.123. The van der Waals surface area contributed by atoms with Gasteiger partial charge in [-0.05, 0) is 30.3 Å². The third-order valence-corrected chi connectivity index (χ3v) is 3.51. The maximum absolute atomic E-state index is 11.8. The largest absolute Gasteiger partial charge is 0.496 e. The number of carbonyl (C=O) groups is 1. The molecule has 0 radical (unpaired) electrons. The lowest BCUT2D eigenvalue weighted by atomic mass is 10.2. The van der Waals surface area contributed by atoms with E-state index in [1.54, 1.807) is 25.3 Å². The molecule has 0 saturated carbocycles. The van der Waals surface area contributed by atoms with Crippen molar-refractivity contribution in [3.8, 4) is 17.2 Å². The molecule has 0 bridgehead atoms. The minimum atomic E-state index is -0.383.